The average Bonchev–Trinajstić information content (AvgIpc) is 3.11. The number of hydrogen-bond acceptors (Lipinski definition) is 2. The molecule has 1 aromatic carbocycles. The Morgan fingerprint density at radius 1 is 1.07 bits per heavy atom. The molecule has 1 spiro atoms. The van der Waals surface area contributed by atoms with E-state index < -0.39 is 0 Å². The van der Waals surface area contributed by atoms with Crippen molar-refractivity contribution in [3.05, 3.63) is 53.3 Å². The van der Waals surface area contributed by atoms with Crippen LogP contribution in [0.4, 0.5) is 0 Å². The van der Waals surface area contributed by atoms with Gasteiger partial charge in [-0.05, 0) is 91.5 Å². The molecule has 3 aliphatic rings. The normalized spacial score (nSPS) is 22.7. The summed E-state index contributed by atoms with van der Waals surface area (Å²) in [5.41, 5.74) is 5.21. The van der Waals surface area contributed by atoms with Gasteiger partial charge in [0.05, 0.1) is 6.20 Å². The molecule has 0 atom stereocenters. The third-order valence-electron chi connectivity index (χ3n) is 8.10. The number of rotatable bonds is 6. The fraction of sp³-hybridized carbons (Fsp3) is 0.654. The number of likely N-dealkylation sites (tertiary alicyclic amines) is 1. The molecule has 2 aromatic rings. The van der Waals surface area contributed by atoms with E-state index in [1.807, 2.05) is 6.20 Å². The van der Waals surface area contributed by atoms with Gasteiger partial charge >= 0.3 is 0 Å². The fourth-order valence-corrected chi connectivity index (χ4v) is 5.83. The van der Waals surface area contributed by atoms with E-state index in [0.29, 0.717) is 5.92 Å². The zero-order valence-electron chi connectivity index (χ0n) is 18.3. The highest BCUT2D eigenvalue weighted by molar-refractivity contribution is 5.28. The summed E-state index contributed by atoms with van der Waals surface area (Å²) in [5.74, 6) is 2.19. The Bertz CT molecular complexity index is 799. The number of aromatic nitrogens is 2. The minimum Gasteiger partial charge on any atom is -0.299 e. The lowest BCUT2D eigenvalue weighted by Gasteiger charge is -2.54. The molecule has 2 saturated carbocycles. The Morgan fingerprint density at radius 2 is 1.79 bits per heavy atom. The highest BCUT2D eigenvalue weighted by Gasteiger charge is 2.48. The van der Waals surface area contributed by atoms with E-state index in [1.165, 1.54) is 69.2 Å². The van der Waals surface area contributed by atoms with E-state index in [9.17, 15) is 0 Å². The first kappa shape index (κ1) is 19.4. The van der Waals surface area contributed by atoms with E-state index >= 15 is 0 Å². The predicted molar refractivity (Wildman–Crippen MR) is 119 cm³/mol. The highest BCUT2D eigenvalue weighted by atomic mass is 15.3. The van der Waals surface area contributed by atoms with Gasteiger partial charge in [0.2, 0.25) is 0 Å². The second-order valence-corrected chi connectivity index (χ2v) is 10.6. The molecule has 1 aliphatic heterocycles. The van der Waals surface area contributed by atoms with Crippen LogP contribution in [0.3, 0.4) is 0 Å². The molecule has 29 heavy (non-hydrogen) atoms. The Labute approximate surface area is 176 Å². The largest absolute Gasteiger partial charge is 0.299 e. The van der Waals surface area contributed by atoms with Crippen LogP contribution in [0.15, 0.2) is 36.7 Å². The van der Waals surface area contributed by atoms with Crippen LogP contribution in [0, 0.1) is 11.3 Å². The predicted octanol–water partition coefficient (Wildman–Crippen LogP) is 5.97. The van der Waals surface area contributed by atoms with Gasteiger partial charge in [-0.25, -0.2) is 0 Å². The molecular weight excluding hydrogens is 354 g/mol. The molecule has 156 valence electrons. The van der Waals surface area contributed by atoms with E-state index in [0.717, 1.165) is 30.3 Å². The van der Waals surface area contributed by atoms with Crippen molar-refractivity contribution in [2.45, 2.75) is 83.7 Å². The molecule has 3 heteroatoms. The molecule has 0 bridgehead atoms. The molecule has 3 fully saturated rings. The molecule has 2 aliphatic carbocycles. The standard InChI is InChI=1S/C26H37N3/c1-20(2)25-16-27-29(19-25)18-22-8-12-28(13-9-22)17-21-4-6-23(7-5-21)24-14-26(15-24)10-3-11-26/h4-7,16,19-20,22,24H,3,8-15,17-18H2,1-2H3. The number of hydrogen-bond donors (Lipinski definition) is 0. The lowest BCUT2D eigenvalue weighted by atomic mass is 9.51. The Balaban J connectivity index is 1.07. The van der Waals surface area contributed by atoms with Crippen LogP contribution < -0.4 is 0 Å². The minimum absolute atomic E-state index is 0.570. The first-order chi connectivity index (χ1) is 14.1. The number of benzene rings is 1. The molecule has 2 heterocycles. The Kier molecular flexibility index (Phi) is 5.28. The summed E-state index contributed by atoms with van der Waals surface area (Å²) in [4.78, 5) is 2.64. The summed E-state index contributed by atoms with van der Waals surface area (Å²) in [6.07, 6.45) is 14.2. The molecule has 3 nitrogen and oxygen atoms in total. The van der Waals surface area contributed by atoms with Gasteiger partial charge in [0.15, 0.2) is 0 Å². The number of piperidine rings is 1. The molecule has 0 N–H and O–H groups in total. The van der Waals surface area contributed by atoms with Gasteiger partial charge in [-0.1, -0.05) is 44.5 Å². The second-order valence-electron chi connectivity index (χ2n) is 10.6. The van der Waals surface area contributed by atoms with Crippen LogP contribution in [-0.4, -0.2) is 27.8 Å². The maximum atomic E-state index is 4.57. The quantitative estimate of drug-likeness (QED) is 0.605. The third-order valence-corrected chi connectivity index (χ3v) is 8.10. The van der Waals surface area contributed by atoms with Crippen molar-refractivity contribution in [3.63, 3.8) is 0 Å². The summed E-state index contributed by atoms with van der Waals surface area (Å²) >= 11 is 0. The zero-order valence-corrected chi connectivity index (χ0v) is 18.3. The Hall–Kier alpha value is -1.61. The van der Waals surface area contributed by atoms with Gasteiger partial charge < -0.3 is 0 Å². The van der Waals surface area contributed by atoms with E-state index in [-0.39, 0.29) is 0 Å². The summed E-state index contributed by atoms with van der Waals surface area (Å²) in [5, 5.41) is 4.57. The maximum Gasteiger partial charge on any atom is 0.0524 e. The summed E-state index contributed by atoms with van der Waals surface area (Å²) in [6.45, 7) is 9.11. The Morgan fingerprint density at radius 3 is 2.38 bits per heavy atom. The maximum absolute atomic E-state index is 4.57. The van der Waals surface area contributed by atoms with Crippen LogP contribution >= 0.6 is 0 Å². The molecular formula is C26H37N3. The van der Waals surface area contributed by atoms with Crippen LogP contribution in [-0.2, 0) is 13.1 Å². The van der Waals surface area contributed by atoms with Crippen LogP contribution in [0.25, 0.3) is 0 Å². The van der Waals surface area contributed by atoms with Gasteiger partial charge in [0.1, 0.15) is 0 Å². The van der Waals surface area contributed by atoms with Gasteiger partial charge in [-0.3, -0.25) is 9.58 Å². The summed E-state index contributed by atoms with van der Waals surface area (Å²) in [7, 11) is 0. The molecule has 1 aromatic heterocycles. The smallest absolute Gasteiger partial charge is 0.0524 e. The van der Waals surface area contributed by atoms with Crippen molar-refractivity contribution >= 4 is 0 Å². The van der Waals surface area contributed by atoms with E-state index in [2.05, 4.69) is 59.0 Å². The molecule has 0 radical (unpaired) electrons. The topological polar surface area (TPSA) is 21.1 Å². The van der Waals surface area contributed by atoms with E-state index in [1.54, 1.807) is 5.56 Å². The van der Waals surface area contributed by atoms with Crippen LogP contribution in [0.2, 0.25) is 0 Å². The first-order valence-corrected chi connectivity index (χ1v) is 11.9. The molecule has 5 rings (SSSR count). The van der Waals surface area contributed by atoms with Crippen molar-refractivity contribution in [2.75, 3.05) is 13.1 Å². The van der Waals surface area contributed by atoms with Crippen molar-refractivity contribution < 1.29 is 0 Å². The van der Waals surface area contributed by atoms with Gasteiger partial charge in [0, 0.05) is 19.3 Å². The van der Waals surface area contributed by atoms with Crippen molar-refractivity contribution in [1.29, 1.82) is 0 Å². The molecule has 1 saturated heterocycles. The minimum atomic E-state index is 0.570. The van der Waals surface area contributed by atoms with Gasteiger partial charge in [-0.15, -0.1) is 0 Å². The van der Waals surface area contributed by atoms with Crippen LogP contribution in [0.1, 0.15) is 87.3 Å². The summed E-state index contributed by atoms with van der Waals surface area (Å²) in [6, 6.07) is 9.62. The van der Waals surface area contributed by atoms with Gasteiger partial charge in [-0.2, -0.15) is 5.10 Å². The molecule has 0 unspecified atom stereocenters. The van der Waals surface area contributed by atoms with Crippen molar-refractivity contribution in [3.8, 4) is 0 Å². The lowest BCUT2D eigenvalue weighted by Crippen LogP contribution is -2.41. The van der Waals surface area contributed by atoms with Crippen molar-refractivity contribution in [1.82, 2.24) is 14.7 Å². The second kappa shape index (κ2) is 7.91. The first-order valence-electron chi connectivity index (χ1n) is 11.9. The van der Waals surface area contributed by atoms with E-state index in [4.69, 9.17) is 0 Å². The lowest BCUT2D eigenvalue weighted by molar-refractivity contribution is 0.00900. The fourth-order valence-electron chi connectivity index (χ4n) is 5.83. The van der Waals surface area contributed by atoms with Crippen molar-refractivity contribution in [2.24, 2.45) is 11.3 Å². The van der Waals surface area contributed by atoms with Gasteiger partial charge in [0.25, 0.3) is 0 Å². The number of nitrogens with zero attached hydrogens (tertiary/aromatic N) is 3. The highest BCUT2D eigenvalue weighted by Crippen LogP contribution is 2.61. The SMILES string of the molecule is CC(C)c1cnn(CC2CCN(Cc3ccc(C4CC5(CCC5)C4)cc3)CC2)c1. The zero-order chi connectivity index (χ0) is 19.8. The molecule has 0 amide bonds. The average molecular weight is 392 g/mol. The third kappa shape index (κ3) is 4.17. The van der Waals surface area contributed by atoms with Crippen LogP contribution in [0.5, 0.6) is 0 Å². The monoisotopic (exact) mass is 391 g/mol. The summed E-state index contributed by atoms with van der Waals surface area (Å²) < 4.78 is 2.17.